The van der Waals surface area contributed by atoms with Crippen molar-refractivity contribution in [3.05, 3.63) is 41.7 Å². The summed E-state index contributed by atoms with van der Waals surface area (Å²) in [5, 5.41) is 2.42. The van der Waals surface area contributed by atoms with E-state index in [-0.39, 0.29) is 30.5 Å². The number of alkyl halides is 3. The zero-order chi connectivity index (χ0) is 19.3. The molecule has 2 aromatic rings. The number of nitrogens with zero attached hydrogens (tertiary/aromatic N) is 3. The van der Waals surface area contributed by atoms with Gasteiger partial charge in [-0.1, -0.05) is 0 Å². The summed E-state index contributed by atoms with van der Waals surface area (Å²) in [6, 6.07) is 2.77. The number of carbonyl (C=O) groups excluding carboxylic acids is 1. The molecule has 10 heteroatoms. The minimum Gasteiger partial charge on any atom is -0.493 e. The Morgan fingerprint density at radius 1 is 1.31 bits per heavy atom. The second kappa shape index (κ2) is 7.89. The lowest BCUT2D eigenvalue weighted by Crippen LogP contribution is -2.31. The zero-order valence-corrected chi connectivity index (χ0v) is 14.2. The van der Waals surface area contributed by atoms with Gasteiger partial charge in [0.1, 0.15) is 5.75 Å². The summed E-state index contributed by atoms with van der Waals surface area (Å²) in [7, 11) is 1.49. The Morgan fingerprint density at radius 2 is 1.96 bits per heavy atom. The van der Waals surface area contributed by atoms with Gasteiger partial charge < -0.3 is 20.7 Å². The molecule has 2 amide bonds. The summed E-state index contributed by atoms with van der Waals surface area (Å²) in [5.41, 5.74) is 5.06. The molecule has 0 fully saturated rings. The van der Waals surface area contributed by atoms with Crippen LogP contribution in [0.5, 0.6) is 5.75 Å². The van der Waals surface area contributed by atoms with Gasteiger partial charge in [-0.25, -0.2) is 14.8 Å². The number of halogens is 3. The third-order valence-electron chi connectivity index (χ3n) is 3.33. The van der Waals surface area contributed by atoms with Gasteiger partial charge in [-0.05, 0) is 25.1 Å². The Hall–Kier alpha value is -3.04. The summed E-state index contributed by atoms with van der Waals surface area (Å²) < 4.78 is 44.4. The average Bonchev–Trinajstić information content (AvgIpc) is 2.57. The lowest BCUT2D eigenvalue weighted by molar-refractivity contribution is -0.138. The minimum atomic E-state index is -4.60. The van der Waals surface area contributed by atoms with E-state index in [1.165, 1.54) is 36.5 Å². The molecular formula is C16H18F3N5O2. The maximum Gasteiger partial charge on any atom is 0.420 e. The fourth-order valence-electron chi connectivity index (χ4n) is 2.12. The number of rotatable bonds is 5. The van der Waals surface area contributed by atoms with Gasteiger partial charge in [-0.3, -0.25) is 0 Å². The fraction of sp³-hybridized carbons (Fsp3) is 0.312. The third-order valence-corrected chi connectivity index (χ3v) is 3.33. The van der Waals surface area contributed by atoms with E-state index in [1.54, 1.807) is 6.92 Å². The van der Waals surface area contributed by atoms with Gasteiger partial charge in [0.2, 0.25) is 5.95 Å². The molecule has 0 atom stereocenters. The van der Waals surface area contributed by atoms with Crippen molar-refractivity contribution in [3.8, 4) is 5.75 Å². The first kappa shape index (κ1) is 19.3. The normalized spacial score (nSPS) is 11.1. The molecule has 0 spiro atoms. The number of amides is 2. The third kappa shape index (κ3) is 4.98. The number of urea groups is 1. The fourth-order valence-corrected chi connectivity index (χ4v) is 2.12. The number of ether oxygens (including phenoxy) is 1. The van der Waals surface area contributed by atoms with Crippen LogP contribution < -0.4 is 15.8 Å². The van der Waals surface area contributed by atoms with Crippen molar-refractivity contribution in [3.63, 3.8) is 0 Å². The maximum absolute atomic E-state index is 13.1. The Kier molecular flexibility index (Phi) is 5.86. The largest absolute Gasteiger partial charge is 0.493 e. The van der Waals surface area contributed by atoms with Crippen molar-refractivity contribution in [2.45, 2.75) is 19.6 Å². The number of nitrogens with one attached hydrogen (secondary N) is 1. The summed E-state index contributed by atoms with van der Waals surface area (Å²) >= 11 is 0. The van der Waals surface area contributed by atoms with Gasteiger partial charge >= 0.3 is 12.2 Å². The lowest BCUT2D eigenvalue weighted by atomic mass is 10.1. The first-order chi connectivity index (χ1) is 12.2. The van der Waals surface area contributed by atoms with E-state index in [9.17, 15) is 18.0 Å². The highest BCUT2D eigenvalue weighted by Gasteiger charge is 2.34. The van der Waals surface area contributed by atoms with Gasteiger partial charge in [0.25, 0.3) is 0 Å². The van der Waals surface area contributed by atoms with Crippen molar-refractivity contribution in [1.29, 1.82) is 0 Å². The molecule has 0 saturated carbocycles. The van der Waals surface area contributed by atoms with Crippen molar-refractivity contribution < 1.29 is 22.7 Å². The molecule has 0 aliphatic heterocycles. The second-order valence-electron chi connectivity index (χ2n) is 5.38. The lowest BCUT2D eigenvalue weighted by Gasteiger charge is -2.19. The van der Waals surface area contributed by atoms with Crippen LogP contribution in [0.15, 0.2) is 30.6 Å². The van der Waals surface area contributed by atoms with Crippen LogP contribution in [0.2, 0.25) is 0 Å². The number of carbonyl (C=O) groups is 1. The topological polar surface area (TPSA) is 93.4 Å². The Labute approximate surface area is 148 Å². The number of hydrogen-bond donors (Lipinski definition) is 2. The molecule has 1 heterocycles. The number of benzene rings is 1. The van der Waals surface area contributed by atoms with Crippen LogP contribution in [0.25, 0.3) is 0 Å². The van der Waals surface area contributed by atoms with Gasteiger partial charge in [0.05, 0.1) is 18.7 Å². The quantitative estimate of drug-likeness (QED) is 0.845. The van der Waals surface area contributed by atoms with Gasteiger partial charge in [-0.15, -0.1) is 0 Å². The molecule has 26 heavy (non-hydrogen) atoms. The first-order valence-electron chi connectivity index (χ1n) is 7.63. The van der Waals surface area contributed by atoms with E-state index >= 15 is 0 Å². The van der Waals surface area contributed by atoms with E-state index in [4.69, 9.17) is 10.5 Å². The Morgan fingerprint density at radius 3 is 2.54 bits per heavy atom. The molecule has 1 aromatic heterocycles. The molecule has 0 radical (unpaired) electrons. The van der Waals surface area contributed by atoms with E-state index in [0.717, 1.165) is 6.07 Å². The standard InChI is InChI=1S/C16H18F3N5O2/c1-3-26-13-5-4-11(6-12(13)16(17,18)19)23-15(25)24(2)9-10-7-21-14(20)22-8-10/h4-8H,3,9H2,1-2H3,(H,23,25)(H2,20,21,22). The zero-order valence-electron chi connectivity index (χ0n) is 14.2. The predicted molar refractivity (Wildman–Crippen MR) is 89.5 cm³/mol. The molecule has 1 aromatic carbocycles. The molecule has 7 nitrogen and oxygen atoms in total. The van der Waals surface area contributed by atoms with Gasteiger partial charge in [0.15, 0.2) is 0 Å². The van der Waals surface area contributed by atoms with Crippen LogP contribution in [0, 0.1) is 0 Å². The molecule has 0 aliphatic carbocycles. The smallest absolute Gasteiger partial charge is 0.420 e. The van der Waals surface area contributed by atoms with Crippen LogP contribution in [-0.4, -0.2) is 34.6 Å². The highest BCUT2D eigenvalue weighted by Crippen LogP contribution is 2.37. The number of aromatic nitrogens is 2. The summed E-state index contributed by atoms with van der Waals surface area (Å²) in [6.45, 7) is 1.85. The van der Waals surface area contributed by atoms with E-state index in [1.807, 2.05) is 0 Å². The minimum absolute atomic E-state index is 0.00573. The van der Waals surface area contributed by atoms with Crippen molar-refractivity contribution in [2.75, 3.05) is 24.7 Å². The highest BCUT2D eigenvalue weighted by molar-refractivity contribution is 5.89. The number of nitrogens with two attached hydrogens (primary N) is 1. The number of nitrogen functional groups attached to an aromatic ring is 1. The van der Waals surface area contributed by atoms with Crippen LogP contribution in [0.1, 0.15) is 18.1 Å². The molecule has 0 unspecified atom stereocenters. The van der Waals surface area contributed by atoms with Crippen LogP contribution >= 0.6 is 0 Å². The summed E-state index contributed by atoms with van der Waals surface area (Å²) in [6.07, 6.45) is -1.67. The highest BCUT2D eigenvalue weighted by atomic mass is 19.4. The van der Waals surface area contributed by atoms with E-state index < -0.39 is 17.8 Å². The van der Waals surface area contributed by atoms with Crippen LogP contribution in [-0.2, 0) is 12.7 Å². The second-order valence-corrected chi connectivity index (χ2v) is 5.38. The predicted octanol–water partition coefficient (Wildman–Crippen LogP) is 3.14. The molecule has 2 rings (SSSR count). The molecule has 3 N–H and O–H groups in total. The van der Waals surface area contributed by atoms with E-state index in [0.29, 0.717) is 5.56 Å². The molecule has 0 aliphatic rings. The Balaban J connectivity index is 2.11. The van der Waals surface area contributed by atoms with Gasteiger partial charge in [-0.2, -0.15) is 13.2 Å². The molecule has 0 saturated heterocycles. The SMILES string of the molecule is CCOc1ccc(NC(=O)N(C)Cc2cnc(N)nc2)cc1C(F)(F)F. The maximum atomic E-state index is 13.1. The van der Waals surface area contributed by atoms with Crippen LogP contribution in [0.3, 0.4) is 0 Å². The van der Waals surface area contributed by atoms with Gasteiger partial charge in [0, 0.05) is 30.7 Å². The first-order valence-corrected chi connectivity index (χ1v) is 7.63. The Bertz CT molecular complexity index is 765. The number of anilines is 2. The van der Waals surface area contributed by atoms with Crippen molar-refractivity contribution >= 4 is 17.7 Å². The number of hydrogen-bond acceptors (Lipinski definition) is 5. The van der Waals surface area contributed by atoms with Crippen molar-refractivity contribution in [1.82, 2.24) is 14.9 Å². The summed E-state index contributed by atoms with van der Waals surface area (Å²) in [4.78, 5) is 21.1. The molecule has 0 bridgehead atoms. The van der Waals surface area contributed by atoms with Crippen molar-refractivity contribution in [2.24, 2.45) is 0 Å². The molecule has 140 valence electrons. The van der Waals surface area contributed by atoms with E-state index in [2.05, 4.69) is 15.3 Å². The monoisotopic (exact) mass is 369 g/mol. The summed E-state index contributed by atoms with van der Waals surface area (Å²) in [5.74, 6) is -0.180. The van der Waals surface area contributed by atoms with Crippen LogP contribution in [0.4, 0.5) is 29.6 Å². The average molecular weight is 369 g/mol. The molecular weight excluding hydrogens is 351 g/mol.